The molecule has 0 aliphatic heterocycles. The quantitative estimate of drug-likeness (QED) is 0.843. The molecule has 0 unspecified atom stereocenters. The number of anilines is 1. The zero-order valence-electron chi connectivity index (χ0n) is 10.3. The van der Waals surface area contributed by atoms with Gasteiger partial charge in [0.1, 0.15) is 11.5 Å². The summed E-state index contributed by atoms with van der Waals surface area (Å²) in [4.78, 5) is 11.3. The van der Waals surface area contributed by atoms with Crippen molar-refractivity contribution >= 4 is 11.6 Å². The van der Waals surface area contributed by atoms with E-state index in [4.69, 9.17) is 16.2 Å². The number of halogens is 2. The topological polar surface area (TPSA) is 78.3 Å². The van der Waals surface area contributed by atoms with Gasteiger partial charge in [-0.3, -0.25) is 4.79 Å². The number of primary amides is 1. The summed E-state index contributed by atoms with van der Waals surface area (Å²) < 4.78 is 31.3. The monoisotopic (exact) mass is 278 g/mol. The highest BCUT2D eigenvalue weighted by molar-refractivity contribution is 5.95. The smallest absolute Gasteiger partial charge is 0.267 e. The van der Waals surface area contributed by atoms with Gasteiger partial charge >= 0.3 is 0 Å². The number of rotatable bonds is 4. The maximum absolute atomic E-state index is 12.9. The first kappa shape index (κ1) is 13.8. The van der Waals surface area contributed by atoms with Crippen LogP contribution in [-0.4, -0.2) is 5.91 Å². The van der Waals surface area contributed by atoms with Crippen LogP contribution in [0.15, 0.2) is 42.5 Å². The number of para-hydroxylation sites is 1. The Morgan fingerprint density at radius 3 is 2.45 bits per heavy atom. The summed E-state index contributed by atoms with van der Waals surface area (Å²) in [5, 5.41) is 0. The highest BCUT2D eigenvalue weighted by atomic mass is 19.3. The van der Waals surface area contributed by atoms with E-state index in [0.717, 1.165) is 6.07 Å². The molecule has 0 bridgehead atoms. The van der Waals surface area contributed by atoms with Gasteiger partial charge in [0, 0.05) is 5.69 Å². The fraction of sp³-hybridized carbons (Fsp3) is 0.0714. The van der Waals surface area contributed by atoms with Crippen LogP contribution in [0.5, 0.6) is 11.5 Å². The lowest BCUT2D eigenvalue weighted by Gasteiger charge is -2.13. The number of amides is 1. The molecule has 0 fully saturated rings. The van der Waals surface area contributed by atoms with Gasteiger partial charge in [0.05, 0.1) is 11.1 Å². The van der Waals surface area contributed by atoms with Gasteiger partial charge in [-0.1, -0.05) is 12.1 Å². The lowest BCUT2D eigenvalue weighted by molar-refractivity contribution is 0.0998. The molecule has 6 heteroatoms. The summed E-state index contributed by atoms with van der Waals surface area (Å²) >= 11 is 0. The van der Waals surface area contributed by atoms with Crippen LogP contribution in [-0.2, 0) is 0 Å². The molecule has 0 aromatic heterocycles. The maximum Gasteiger partial charge on any atom is 0.267 e. The number of nitrogens with two attached hydrogens (primary N) is 2. The van der Waals surface area contributed by atoms with Crippen molar-refractivity contribution in [2.75, 3.05) is 5.73 Å². The lowest BCUT2D eigenvalue weighted by Crippen LogP contribution is -2.12. The first-order valence-corrected chi connectivity index (χ1v) is 5.73. The minimum atomic E-state index is -2.74. The largest absolute Gasteiger partial charge is 0.456 e. The number of ether oxygens (including phenoxy) is 1. The predicted molar refractivity (Wildman–Crippen MR) is 70.8 cm³/mol. The van der Waals surface area contributed by atoms with Crippen LogP contribution < -0.4 is 16.2 Å². The maximum atomic E-state index is 12.9. The van der Waals surface area contributed by atoms with Crippen LogP contribution in [0.25, 0.3) is 0 Å². The molecule has 0 saturated heterocycles. The van der Waals surface area contributed by atoms with Crippen LogP contribution in [0.2, 0.25) is 0 Å². The number of carbonyl (C=O) groups is 1. The average molecular weight is 278 g/mol. The molecule has 0 aliphatic rings. The van der Waals surface area contributed by atoms with Gasteiger partial charge < -0.3 is 16.2 Å². The Morgan fingerprint density at radius 1 is 1.10 bits per heavy atom. The van der Waals surface area contributed by atoms with Gasteiger partial charge in [0.15, 0.2) is 0 Å². The van der Waals surface area contributed by atoms with E-state index in [1.54, 1.807) is 12.1 Å². The highest BCUT2D eigenvalue weighted by Gasteiger charge is 2.17. The summed E-state index contributed by atoms with van der Waals surface area (Å²) in [5.74, 6) is -0.649. The Hall–Kier alpha value is -2.63. The van der Waals surface area contributed by atoms with Crippen LogP contribution in [0.3, 0.4) is 0 Å². The van der Waals surface area contributed by atoms with Gasteiger partial charge in [0.2, 0.25) is 0 Å². The molecule has 0 aliphatic carbocycles. The third-order valence-corrected chi connectivity index (χ3v) is 2.64. The normalized spacial score (nSPS) is 10.6. The van der Waals surface area contributed by atoms with Crippen molar-refractivity contribution in [1.29, 1.82) is 0 Å². The fourth-order valence-corrected chi connectivity index (χ4v) is 1.71. The summed E-state index contributed by atoms with van der Waals surface area (Å²) in [6.45, 7) is 0. The molecule has 0 atom stereocenters. The van der Waals surface area contributed by atoms with E-state index < -0.39 is 12.3 Å². The van der Waals surface area contributed by atoms with E-state index in [2.05, 4.69) is 0 Å². The van der Waals surface area contributed by atoms with Crippen molar-refractivity contribution in [2.45, 2.75) is 6.43 Å². The third-order valence-electron chi connectivity index (χ3n) is 2.64. The second kappa shape index (κ2) is 5.56. The van der Waals surface area contributed by atoms with Crippen molar-refractivity contribution in [2.24, 2.45) is 5.73 Å². The Morgan fingerprint density at radius 2 is 1.80 bits per heavy atom. The minimum absolute atomic E-state index is 0.0668. The molecule has 0 spiro atoms. The lowest BCUT2D eigenvalue weighted by atomic mass is 10.1. The molecule has 104 valence electrons. The van der Waals surface area contributed by atoms with Crippen LogP contribution in [0.4, 0.5) is 14.5 Å². The van der Waals surface area contributed by atoms with Crippen molar-refractivity contribution in [3.8, 4) is 11.5 Å². The Kier molecular flexibility index (Phi) is 3.84. The Labute approximate surface area is 114 Å². The number of hydrogen-bond acceptors (Lipinski definition) is 3. The number of nitrogen functional groups attached to an aromatic ring is 1. The number of alkyl halides is 2. The molecule has 2 aromatic carbocycles. The van der Waals surface area contributed by atoms with Crippen LogP contribution in [0, 0.1) is 0 Å². The SMILES string of the molecule is NC(=O)c1ccccc1Oc1ccc(N)cc1C(F)F. The minimum Gasteiger partial charge on any atom is -0.456 e. The highest BCUT2D eigenvalue weighted by Crippen LogP contribution is 2.34. The average Bonchev–Trinajstić information content (AvgIpc) is 2.41. The van der Waals surface area contributed by atoms with E-state index in [1.165, 1.54) is 24.3 Å². The molecule has 0 heterocycles. The van der Waals surface area contributed by atoms with E-state index >= 15 is 0 Å². The van der Waals surface area contributed by atoms with Crippen molar-refractivity contribution in [3.63, 3.8) is 0 Å². The zero-order chi connectivity index (χ0) is 14.7. The molecular formula is C14H12F2N2O2. The fourth-order valence-electron chi connectivity index (χ4n) is 1.71. The molecule has 1 amide bonds. The van der Waals surface area contributed by atoms with Crippen molar-refractivity contribution in [1.82, 2.24) is 0 Å². The second-order valence-electron chi connectivity index (χ2n) is 4.06. The second-order valence-corrected chi connectivity index (χ2v) is 4.06. The van der Waals surface area contributed by atoms with E-state index in [0.29, 0.717) is 0 Å². The van der Waals surface area contributed by atoms with Crippen molar-refractivity contribution in [3.05, 3.63) is 53.6 Å². The molecule has 0 saturated carbocycles. The molecule has 2 aromatic rings. The Balaban J connectivity index is 2.43. The summed E-state index contributed by atoms with van der Waals surface area (Å²) in [7, 11) is 0. The van der Waals surface area contributed by atoms with E-state index in [1.807, 2.05) is 0 Å². The molecule has 4 nitrogen and oxygen atoms in total. The summed E-state index contributed by atoms with van der Waals surface area (Å²) in [5.41, 5.74) is 10.7. The number of carbonyl (C=O) groups excluding carboxylic acids is 1. The zero-order valence-corrected chi connectivity index (χ0v) is 10.3. The first-order valence-electron chi connectivity index (χ1n) is 5.73. The van der Waals surface area contributed by atoms with Gasteiger partial charge in [-0.15, -0.1) is 0 Å². The molecule has 20 heavy (non-hydrogen) atoms. The standard InChI is InChI=1S/C14H12F2N2O2/c15-13(16)10-7-8(17)5-6-12(10)20-11-4-2-1-3-9(11)14(18)19/h1-7,13H,17H2,(H2,18,19). The third kappa shape index (κ3) is 2.85. The molecule has 2 rings (SSSR count). The predicted octanol–water partition coefficient (Wildman–Crippen LogP) is 3.10. The van der Waals surface area contributed by atoms with Crippen LogP contribution >= 0.6 is 0 Å². The molecule has 4 N–H and O–H groups in total. The first-order chi connectivity index (χ1) is 9.49. The van der Waals surface area contributed by atoms with Crippen molar-refractivity contribution < 1.29 is 18.3 Å². The summed E-state index contributed by atoms with van der Waals surface area (Å²) in [6.07, 6.45) is -2.74. The number of benzene rings is 2. The van der Waals surface area contributed by atoms with Crippen LogP contribution in [0.1, 0.15) is 22.3 Å². The molecular weight excluding hydrogens is 266 g/mol. The van der Waals surface area contributed by atoms with Gasteiger partial charge in [0.25, 0.3) is 12.3 Å². The number of hydrogen-bond donors (Lipinski definition) is 2. The Bertz CT molecular complexity index is 645. The summed E-state index contributed by atoms with van der Waals surface area (Å²) in [6, 6.07) is 10.0. The van der Waals surface area contributed by atoms with E-state index in [9.17, 15) is 13.6 Å². The van der Waals surface area contributed by atoms with Gasteiger partial charge in [-0.2, -0.15) is 0 Å². The van der Waals surface area contributed by atoms with E-state index in [-0.39, 0.29) is 28.3 Å². The van der Waals surface area contributed by atoms with Gasteiger partial charge in [-0.05, 0) is 30.3 Å². The van der Waals surface area contributed by atoms with Gasteiger partial charge in [-0.25, -0.2) is 8.78 Å². The molecule has 0 radical (unpaired) electrons.